The Hall–Kier alpha value is -3.30. The highest BCUT2D eigenvalue weighted by Gasteiger charge is 2.57. The maximum atomic E-state index is 14.1. The third-order valence-corrected chi connectivity index (χ3v) is 8.66. The van der Waals surface area contributed by atoms with Crippen LogP contribution >= 0.6 is 11.6 Å². The number of furan rings is 1. The summed E-state index contributed by atoms with van der Waals surface area (Å²) in [7, 11) is 0. The molecule has 0 unspecified atom stereocenters. The summed E-state index contributed by atoms with van der Waals surface area (Å²) in [5.41, 5.74) is 2.06. The van der Waals surface area contributed by atoms with Crippen molar-refractivity contribution in [3.05, 3.63) is 58.6 Å². The largest absolute Gasteiger partial charge is 0.467 e. The number of amides is 3. The number of aromatic nitrogens is 1. The molecule has 0 bridgehead atoms. The van der Waals surface area contributed by atoms with Crippen LogP contribution in [0.4, 0.5) is 0 Å². The second-order valence-corrected chi connectivity index (χ2v) is 11.0. The Labute approximate surface area is 225 Å². The summed E-state index contributed by atoms with van der Waals surface area (Å²) in [6.45, 7) is 4.74. The van der Waals surface area contributed by atoms with E-state index in [0.717, 1.165) is 22.2 Å². The third-order valence-electron chi connectivity index (χ3n) is 8.43. The second-order valence-electron chi connectivity index (χ2n) is 10.5. The fourth-order valence-corrected chi connectivity index (χ4v) is 6.62. The van der Waals surface area contributed by atoms with Gasteiger partial charge in [0, 0.05) is 53.6 Å². The topological polar surface area (TPSA) is 108 Å². The molecular weight excluding hydrogens is 508 g/mol. The molecule has 9 nitrogen and oxygen atoms in total. The minimum Gasteiger partial charge on any atom is -0.467 e. The first-order valence-corrected chi connectivity index (χ1v) is 13.5. The third kappa shape index (κ3) is 4.18. The Balaban J connectivity index is 1.34. The summed E-state index contributed by atoms with van der Waals surface area (Å²) in [6.07, 6.45) is 2.52. The van der Waals surface area contributed by atoms with Crippen molar-refractivity contribution in [1.82, 2.24) is 20.1 Å². The van der Waals surface area contributed by atoms with Crippen LogP contribution < -0.4 is 5.32 Å². The van der Waals surface area contributed by atoms with E-state index in [9.17, 15) is 14.4 Å². The first kappa shape index (κ1) is 25.0. The average molecular weight is 539 g/mol. The minimum atomic E-state index is -0.868. The van der Waals surface area contributed by atoms with E-state index in [1.54, 1.807) is 18.4 Å². The molecule has 3 amide bonds. The molecule has 2 fully saturated rings. The Morgan fingerprint density at radius 1 is 1.21 bits per heavy atom. The van der Waals surface area contributed by atoms with Crippen LogP contribution in [-0.4, -0.2) is 65.4 Å². The number of carbonyl (C=O) groups excluding carboxylic acids is 3. The molecule has 6 rings (SSSR count). The molecule has 0 aliphatic carbocycles. The van der Waals surface area contributed by atoms with E-state index in [4.69, 9.17) is 20.8 Å². The lowest BCUT2D eigenvalue weighted by Gasteiger charge is -2.54. The summed E-state index contributed by atoms with van der Waals surface area (Å²) in [5.74, 6) is -0.783. The molecule has 3 aromatic rings. The van der Waals surface area contributed by atoms with Crippen LogP contribution in [0.25, 0.3) is 10.9 Å². The molecule has 3 aliphatic rings. The highest BCUT2D eigenvalue weighted by Crippen LogP contribution is 2.50. The number of hydrogen-bond donors (Lipinski definition) is 2. The first-order chi connectivity index (χ1) is 18.4. The monoisotopic (exact) mass is 538 g/mol. The zero-order chi connectivity index (χ0) is 26.4. The summed E-state index contributed by atoms with van der Waals surface area (Å²) < 4.78 is 10.8. The predicted octanol–water partition coefficient (Wildman–Crippen LogP) is 3.22. The number of H-pyrrole nitrogens is 1. The molecule has 2 aromatic heterocycles. The lowest BCUT2D eigenvalue weighted by Crippen LogP contribution is -2.65. The fourth-order valence-electron chi connectivity index (χ4n) is 6.45. The number of piperidine rings is 1. The van der Waals surface area contributed by atoms with Crippen molar-refractivity contribution in [3.63, 3.8) is 0 Å². The standard InChI is InChI=1S/C28H31ClN4O5/c1-28-22(27(36)32-8-11-37-12-9-32)13-17(14-24(34)30-16-19-3-2-10-38-19)26(35)33(28)7-6-20-21-15-18(29)4-5-23(21)31-25(20)28/h2-5,10,15,17,22,31H,6-9,11-14,16H2,1H3,(H,30,34)/t17-,22-,28+/m1/s1. The normalized spacial score (nSPS) is 25.3. The maximum absolute atomic E-state index is 14.1. The zero-order valence-corrected chi connectivity index (χ0v) is 22.1. The first-order valence-electron chi connectivity index (χ1n) is 13.1. The van der Waals surface area contributed by atoms with Gasteiger partial charge in [-0.05, 0) is 55.7 Å². The number of fused-ring (bicyclic) bond motifs is 5. The van der Waals surface area contributed by atoms with Gasteiger partial charge in [-0.1, -0.05) is 11.6 Å². The van der Waals surface area contributed by atoms with Gasteiger partial charge in [-0.15, -0.1) is 0 Å². The number of aromatic amines is 1. The molecule has 2 saturated heterocycles. The van der Waals surface area contributed by atoms with E-state index in [0.29, 0.717) is 56.5 Å². The summed E-state index contributed by atoms with van der Waals surface area (Å²) in [6, 6.07) is 9.27. The van der Waals surface area contributed by atoms with E-state index in [1.165, 1.54) is 0 Å². The van der Waals surface area contributed by atoms with E-state index >= 15 is 0 Å². The number of rotatable bonds is 5. The van der Waals surface area contributed by atoms with Crippen LogP contribution in [0, 0.1) is 11.8 Å². The summed E-state index contributed by atoms with van der Waals surface area (Å²) in [4.78, 5) is 48.1. The summed E-state index contributed by atoms with van der Waals surface area (Å²) >= 11 is 6.33. The van der Waals surface area contributed by atoms with Gasteiger partial charge < -0.3 is 29.3 Å². The van der Waals surface area contributed by atoms with Crippen LogP contribution in [0.15, 0.2) is 41.0 Å². The van der Waals surface area contributed by atoms with E-state index < -0.39 is 17.4 Å². The van der Waals surface area contributed by atoms with Crippen LogP contribution in [-0.2, 0) is 37.6 Å². The Bertz CT molecular complexity index is 1380. The molecule has 2 N–H and O–H groups in total. The van der Waals surface area contributed by atoms with Crippen molar-refractivity contribution in [1.29, 1.82) is 0 Å². The second kappa shape index (κ2) is 9.78. The van der Waals surface area contributed by atoms with Gasteiger partial charge in [0.1, 0.15) is 5.76 Å². The average Bonchev–Trinajstić information content (AvgIpc) is 3.58. The molecule has 10 heteroatoms. The van der Waals surface area contributed by atoms with Gasteiger partial charge in [0.2, 0.25) is 17.7 Å². The van der Waals surface area contributed by atoms with Gasteiger partial charge in [0.05, 0.1) is 37.5 Å². The Morgan fingerprint density at radius 3 is 2.79 bits per heavy atom. The fraction of sp³-hybridized carbons (Fsp3) is 0.464. The molecule has 5 heterocycles. The van der Waals surface area contributed by atoms with Crippen LogP contribution in [0.5, 0.6) is 0 Å². The van der Waals surface area contributed by atoms with E-state index in [2.05, 4.69) is 10.3 Å². The van der Waals surface area contributed by atoms with Gasteiger partial charge in [-0.2, -0.15) is 0 Å². The number of benzene rings is 1. The number of ether oxygens (including phenoxy) is 1. The van der Waals surface area contributed by atoms with Crippen molar-refractivity contribution in [2.24, 2.45) is 11.8 Å². The smallest absolute Gasteiger partial charge is 0.228 e. The molecule has 0 radical (unpaired) electrons. The van der Waals surface area contributed by atoms with E-state index in [1.807, 2.05) is 34.9 Å². The molecule has 1 aromatic carbocycles. The maximum Gasteiger partial charge on any atom is 0.228 e. The molecule has 200 valence electrons. The van der Waals surface area contributed by atoms with Crippen LogP contribution in [0.2, 0.25) is 5.02 Å². The molecule has 0 spiro atoms. The van der Waals surface area contributed by atoms with Crippen molar-refractivity contribution in [2.75, 3.05) is 32.8 Å². The number of nitrogens with zero attached hydrogens (tertiary/aromatic N) is 2. The van der Waals surface area contributed by atoms with Gasteiger partial charge in [-0.3, -0.25) is 14.4 Å². The van der Waals surface area contributed by atoms with Crippen LogP contribution in [0.3, 0.4) is 0 Å². The molecule has 3 aliphatic heterocycles. The number of carbonyl (C=O) groups is 3. The van der Waals surface area contributed by atoms with Crippen molar-refractivity contribution < 1.29 is 23.5 Å². The predicted molar refractivity (Wildman–Crippen MR) is 140 cm³/mol. The lowest BCUT2D eigenvalue weighted by atomic mass is 9.67. The Morgan fingerprint density at radius 2 is 2.03 bits per heavy atom. The highest BCUT2D eigenvalue weighted by molar-refractivity contribution is 6.31. The van der Waals surface area contributed by atoms with Gasteiger partial charge in [0.15, 0.2) is 0 Å². The summed E-state index contributed by atoms with van der Waals surface area (Å²) in [5, 5.41) is 4.52. The van der Waals surface area contributed by atoms with Crippen molar-refractivity contribution >= 4 is 40.2 Å². The Kier molecular flexibility index (Phi) is 6.44. The van der Waals surface area contributed by atoms with E-state index in [-0.39, 0.29) is 30.7 Å². The lowest BCUT2D eigenvalue weighted by molar-refractivity contribution is -0.166. The minimum absolute atomic E-state index is 0.00108. The SMILES string of the molecule is C[C@]12c3[nH]c4ccc(Cl)cc4c3CCN1C(=O)[C@@H](CC(=O)NCc1ccco1)C[C@@H]2C(=O)N1CCOCC1. The highest BCUT2D eigenvalue weighted by atomic mass is 35.5. The number of hydrogen-bond acceptors (Lipinski definition) is 5. The molecular formula is C28H31ClN4O5. The number of halogens is 1. The van der Waals surface area contributed by atoms with Gasteiger partial charge in [0.25, 0.3) is 0 Å². The van der Waals surface area contributed by atoms with Gasteiger partial charge in [-0.25, -0.2) is 0 Å². The zero-order valence-electron chi connectivity index (χ0n) is 21.3. The molecule has 3 atom stereocenters. The van der Waals surface area contributed by atoms with Crippen molar-refractivity contribution in [3.8, 4) is 0 Å². The van der Waals surface area contributed by atoms with Gasteiger partial charge >= 0.3 is 0 Å². The number of morpholine rings is 1. The van der Waals surface area contributed by atoms with Crippen molar-refractivity contribution in [2.45, 2.75) is 38.3 Å². The van der Waals surface area contributed by atoms with Crippen LogP contribution in [0.1, 0.15) is 36.8 Å². The quantitative estimate of drug-likeness (QED) is 0.518. The molecule has 38 heavy (non-hydrogen) atoms. The molecule has 0 saturated carbocycles. The number of nitrogens with one attached hydrogen (secondary N) is 2.